The third-order valence-electron chi connectivity index (χ3n) is 2.69. The summed E-state index contributed by atoms with van der Waals surface area (Å²) in [6.45, 7) is 2.41. The average Bonchev–Trinajstić information content (AvgIpc) is 2.66. The van der Waals surface area contributed by atoms with Gasteiger partial charge in [0.1, 0.15) is 5.54 Å². The Kier molecular flexibility index (Phi) is 3.71. The first kappa shape index (κ1) is 12.4. The molecule has 15 heavy (non-hydrogen) atoms. The van der Waals surface area contributed by atoms with Gasteiger partial charge < -0.3 is 4.74 Å². The fraction of sp³-hybridized carbons (Fsp3) is 0.889. The van der Waals surface area contributed by atoms with Crippen LogP contribution in [0.25, 0.3) is 0 Å². The quantitative estimate of drug-likeness (QED) is 0.701. The maximum Gasteiger partial charge on any atom is 0.215 e. The lowest BCUT2D eigenvalue weighted by molar-refractivity contribution is 0.162. The van der Waals surface area contributed by atoms with Gasteiger partial charge in [-0.1, -0.05) is 6.92 Å². The molecule has 1 saturated heterocycles. The van der Waals surface area contributed by atoms with Crippen molar-refractivity contribution in [3.05, 3.63) is 0 Å². The number of hydrogen-bond donors (Lipinski definition) is 0. The van der Waals surface area contributed by atoms with Crippen molar-refractivity contribution in [2.24, 2.45) is 0 Å². The molecule has 5 nitrogen and oxygen atoms in total. The fourth-order valence-electron chi connectivity index (χ4n) is 1.62. The van der Waals surface area contributed by atoms with Crippen molar-refractivity contribution in [3.63, 3.8) is 0 Å². The zero-order valence-electron chi connectivity index (χ0n) is 9.06. The van der Waals surface area contributed by atoms with Crippen molar-refractivity contribution in [1.29, 1.82) is 5.26 Å². The molecule has 1 atom stereocenters. The summed E-state index contributed by atoms with van der Waals surface area (Å²) in [5.41, 5.74) is -0.992. The number of sulfonamides is 1. The molecule has 0 N–H and O–H groups in total. The highest BCUT2D eigenvalue weighted by Gasteiger charge is 2.44. The van der Waals surface area contributed by atoms with Gasteiger partial charge in [-0.2, -0.15) is 9.57 Å². The lowest BCUT2D eigenvalue weighted by Crippen LogP contribution is -2.49. The maximum atomic E-state index is 11.8. The summed E-state index contributed by atoms with van der Waals surface area (Å²) < 4.78 is 29.9. The molecule has 1 heterocycles. The molecule has 6 heteroatoms. The Hall–Kier alpha value is -0.640. The molecule has 0 unspecified atom stereocenters. The second-order valence-corrected chi connectivity index (χ2v) is 5.85. The normalized spacial score (nSPS) is 26.8. The van der Waals surface area contributed by atoms with Gasteiger partial charge in [0.15, 0.2) is 0 Å². The fourth-order valence-corrected chi connectivity index (χ4v) is 3.13. The van der Waals surface area contributed by atoms with E-state index in [-0.39, 0.29) is 12.4 Å². The summed E-state index contributed by atoms with van der Waals surface area (Å²) in [4.78, 5) is 0. The first-order valence-corrected chi connectivity index (χ1v) is 6.55. The SMILES string of the molecule is CCCS(=O)(=O)N(C)[C@@]1(C#N)CCOC1. The van der Waals surface area contributed by atoms with E-state index in [4.69, 9.17) is 10.00 Å². The molecule has 1 aliphatic rings. The summed E-state index contributed by atoms with van der Waals surface area (Å²) in [6.07, 6.45) is 0.998. The van der Waals surface area contributed by atoms with Gasteiger partial charge in [-0.15, -0.1) is 0 Å². The first-order chi connectivity index (χ1) is 6.98. The van der Waals surface area contributed by atoms with Crippen LogP contribution in [0.15, 0.2) is 0 Å². The third kappa shape index (κ3) is 2.30. The van der Waals surface area contributed by atoms with Crippen LogP contribution in [-0.4, -0.2) is 44.3 Å². The minimum Gasteiger partial charge on any atom is -0.378 e. The van der Waals surface area contributed by atoms with Crippen LogP contribution in [0.4, 0.5) is 0 Å². The Morgan fingerprint density at radius 3 is 2.67 bits per heavy atom. The summed E-state index contributed by atoms with van der Waals surface area (Å²) in [6, 6.07) is 2.06. The largest absolute Gasteiger partial charge is 0.378 e. The molecule has 0 aromatic rings. The minimum absolute atomic E-state index is 0.0763. The van der Waals surface area contributed by atoms with Crippen LogP contribution in [0.1, 0.15) is 19.8 Å². The van der Waals surface area contributed by atoms with Crippen molar-refractivity contribution in [2.75, 3.05) is 26.0 Å². The van der Waals surface area contributed by atoms with Gasteiger partial charge in [0, 0.05) is 20.1 Å². The number of hydrogen-bond acceptors (Lipinski definition) is 4. The highest BCUT2D eigenvalue weighted by atomic mass is 32.2. The van der Waals surface area contributed by atoms with Crippen molar-refractivity contribution in [1.82, 2.24) is 4.31 Å². The van der Waals surface area contributed by atoms with E-state index >= 15 is 0 Å². The van der Waals surface area contributed by atoms with Crippen molar-refractivity contribution < 1.29 is 13.2 Å². The monoisotopic (exact) mass is 232 g/mol. The van der Waals surface area contributed by atoms with E-state index in [1.165, 1.54) is 11.4 Å². The van der Waals surface area contributed by atoms with E-state index in [0.717, 1.165) is 0 Å². The van der Waals surface area contributed by atoms with Gasteiger partial charge in [-0.3, -0.25) is 0 Å². The van der Waals surface area contributed by atoms with E-state index in [1.54, 1.807) is 6.92 Å². The molecule has 0 aliphatic carbocycles. The van der Waals surface area contributed by atoms with Crippen molar-refractivity contribution in [2.45, 2.75) is 25.3 Å². The Morgan fingerprint density at radius 2 is 2.27 bits per heavy atom. The van der Waals surface area contributed by atoms with Crippen LogP contribution in [0.5, 0.6) is 0 Å². The third-order valence-corrected chi connectivity index (χ3v) is 4.80. The number of ether oxygens (including phenoxy) is 1. The van der Waals surface area contributed by atoms with Gasteiger partial charge in [0.25, 0.3) is 0 Å². The lowest BCUT2D eigenvalue weighted by atomic mass is 10.0. The van der Waals surface area contributed by atoms with E-state index in [2.05, 4.69) is 6.07 Å². The summed E-state index contributed by atoms with van der Waals surface area (Å²) in [7, 11) is -1.87. The summed E-state index contributed by atoms with van der Waals surface area (Å²) in [5, 5.41) is 9.08. The zero-order chi connectivity index (χ0) is 11.5. The Bertz CT molecular complexity index is 352. The number of rotatable bonds is 4. The Balaban J connectivity index is 2.92. The molecule has 0 saturated carbocycles. The molecule has 0 radical (unpaired) electrons. The standard InChI is InChI=1S/C9H16N2O3S/c1-3-6-15(12,13)11(2)9(7-10)4-5-14-8-9/h3-6,8H2,1-2H3/t9-/m1/s1. The van der Waals surface area contributed by atoms with Gasteiger partial charge in [0.05, 0.1) is 18.4 Å². The number of nitrogens with zero attached hydrogens (tertiary/aromatic N) is 2. The van der Waals surface area contributed by atoms with Crippen LogP contribution in [0.2, 0.25) is 0 Å². The second kappa shape index (κ2) is 4.47. The van der Waals surface area contributed by atoms with Gasteiger partial charge in [-0.05, 0) is 6.42 Å². The molecule has 0 spiro atoms. The number of nitriles is 1. The van der Waals surface area contributed by atoms with E-state index < -0.39 is 15.6 Å². The van der Waals surface area contributed by atoms with Gasteiger partial charge in [-0.25, -0.2) is 8.42 Å². The molecular formula is C9H16N2O3S. The van der Waals surface area contributed by atoms with Crippen LogP contribution in [0.3, 0.4) is 0 Å². The molecule has 0 aromatic heterocycles. The van der Waals surface area contributed by atoms with Crippen LogP contribution in [0, 0.1) is 11.3 Å². The van der Waals surface area contributed by atoms with E-state index in [0.29, 0.717) is 19.4 Å². The maximum absolute atomic E-state index is 11.8. The molecule has 86 valence electrons. The molecule has 0 aromatic carbocycles. The van der Waals surface area contributed by atoms with Crippen molar-refractivity contribution in [3.8, 4) is 6.07 Å². The Morgan fingerprint density at radius 1 is 1.60 bits per heavy atom. The molecule has 1 fully saturated rings. The minimum atomic E-state index is -3.33. The molecule has 1 rings (SSSR count). The smallest absolute Gasteiger partial charge is 0.215 e. The topological polar surface area (TPSA) is 70.4 Å². The average molecular weight is 232 g/mol. The van der Waals surface area contributed by atoms with Gasteiger partial charge in [0.2, 0.25) is 10.0 Å². The molecule has 1 aliphatic heterocycles. The summed E-state index contributed by atoms with van der Waals surface area (Å²) in [5.74, 6) is 0.0763. The second-order valence-electron chi connectivity index (χ2n) is 3.73. The van der Waals surface area contributed by atoms with E-state index in [9.17, 15) is 8.42 Å². The molecular weight excluding hydrogens is 216 g/mol. The van der Waals surface area contributed by atoms with Crippen LogP contribution in [-0.2, 0) is 14.8 Å². The zero-order valence-corrected chi connectivity index (χ0v) is 9.88. The molecule has 0 bridgehead atoms. The van der Waals surface area contributed by atoms with Crippen LogP contribution >= 0.6 is 0 Å². The predicted octanol–water partition coefficient (Wildman–Crippen LogP) is 0.341. The summed E-state index contributed by atoms with van der Waals surface area (Å²) >= 11 is 0. The number of likely N-dealkylation sites (N-methyl/N-ethyl adjacent to an activating group) is 1. The Labute approximate surface area is 90.7 Å². The highest BCUT2D eigenvalue weighted by molar-refractivity contribution is 7.89. The van der Waals surface area contributed by atoms with Crippen molar-refractivity contribution >= 4 is 10.0 Å². The predicted molar refractivity (Wildman–Crippen MR) is 55.6 cm³/mol. The van der Waals surface area contributed by atoms with E-state index in [1.807, 2.05) is 0 Å². The molecule has 0 amide bonds. The van der Waals surface area contributed by atoms with Crippen LogP contribution < -0.4 is 0 Å². The first-order valence-electron chi connectivity index (χ1n) is 4.94. The van der Waals surface area contributed by atoms with Gasteiger partial charge >= 0.3 is 0 Å². The highest BCUT2D eigenvalue weighted by Crippen LogP contribution is 2.27. The lowest BCUT2D eigenvalue weighted by Gasteiger charge is -2.29.